The Balaban J connectivity index is 2.08. The fraction of sp³-hybridized carbons (Fsp3) is 0.333. The molecule has 1 aliphatic heterocycles. The monoisotopic (exact) mass is 280 g/mol. The third kappa shape index (κ3) is 2.11. The first-order chi connectivity index (χ1) is 8.77. The Labute approximate surface area is 117 Å². The van der Waals surface area contributed by atoms with E-state index in [9.17, 15) is 0 Å². The number of ether oxygens (including phenoxy) is 1. The van der Waals surface area contributed by atoms with Crippen molar-refractivity contribution in [2.24, 2.45) is 0 Å². The zero-order valence-corrected chi connectivity index (χ0v) is 11.4. The molecule has 1 heterocycles. The number of alkyl halides is 1. The van der Waals surface area contributed by atoms with Crippen LogP contribution in [-0.4, -0.2) is 12.7 Å². The highest BCUT2D eigenvalue weighted by Gasteiger charge is 2.26. The molecule has 1 fully saturated rings. The van der Waals surface area contributed by atoms with Crippen LogP contribution in [-0.2, 0) is 4.74 Å². The summed E-state index contributed by atoms with van der Waals surface area (Å²) in [6.07, 6.45) is 2.25. The van der Waals surface area contributed by atoms with Gasteiger partial charge in [-0.15, -0.1) is 11.6 Å². The molecule has 18 heavy (non-hydrogen) atoms. The van der Waals surface area contributed by atoms with E-state index in [1.807, 2.05) is 30.3 Å². The lowest BCUT2D eigenvalue weighted by Crippen LogP contribution is -2.13. The third-order valence-corrected chi connectivity index (χ3v) is 4.34. The van der Waals surface area contributed by atoms with E-state index in [4.69, 9.17) is 27.9 Å². The van der Waals surface area contributed by atoms with Crippen molar-refractivity contribution in [3.05, 3.63) is 47.0 Å². The maximum atomic E-state index is 6.58. The van der Waals surface area contributed by atoms with Crippen molar-refractivity contribution in [2.45, 2.75) is 24.3 Å². The molecule has 0 N–H and O–H groups in total. The second kappa shape index (κ2) is 5.08. The Morgan fingerprint density at radius 2 is 1.89 bits per heavy atom. The summed E-state index contributed by atoms with van der Waals surface area (Å²) in [5.41, 5.74) is 1.11. The molecule has 2 unspecified atom stereocenters. The summed E-state index contributed by atoms with van der Waals surface area (Å²) in [6, 6.07) is 12.0. The van der Waals surface area contributed by atoms with Gasteiger partial charge in [0.15, 0.2) is 0 Å². The second-order valence-electron chi connectivity index (χ2n) is 4.64. The molecule has 0 radical (unpaired) electrons. The molecule has 2 aromatic rings. The van der Waals surface area contributed by atoms with Crippen molar-refractivity contribution < 1.29 is 4.74 Å². The predicted molar refractivity (Wildman–Crippen MR) is 76.5 cm³/mol. The van der Waals surface area contributed by atoms with Gasteiger partial charge in [0.05, 0.1) is 11.5 Å². The lowest BCUT2D eigenvalue weighted by molar-refractivity contribution is 0.108. The molecule has 0 aromatic heterocycles. The van der Waals surface area contributed by atoms with Crippen molar-refractivity contribution in [3.8, 4) is 0 Å². The van der Waals surface area contributed by atoms with E-state index in [1.165, 1.54) is 0 Å². The molecule has 2 atom stereocenters. The molecular formula is C15H14Cl2O. The fourth-order valence-corrected chi connectivity index (χ4v) is 3.18. The summed E-state index contributed by atoms with van der Waals surface area (Å²) in [5, 5.41) is 2.85. The molecule has 3 rings (SSSR count). The van der Waals surface area contributed by atoms with Crippen LogP contribution in [0, 0.1) is 0 Å². The molecule has 0 spiro atoms. The van der Waals surface area contributed by atoms with E-state index >= 15 is 0 Å². The molecule has 0 saturated carbocycles. The normalized spacial score (nSPS) is 21.3. The SMILES string of the molecule is Clc1ccc(C(Cl)C2CCCO2)c2ccccc12. The molecule has 94 valence electrons. The molecular weight excluding hydrogens is 267 g/mol. The number of hydrogen-bond donors (Lipinski definition) is 0. The molecule has 2 aromatic carbocycles. The number of benzene rings is 2. The summed E-state index contributed by atoms with van der Waals surface area (Å²) < 4.78 is 5.68. The van der Waals surface area contributed by atoms with Crippen LogP contribution in [0.15, 0.2) is 36.4 Å². The van der Waals surface area contributed by atoms with Crippen LogP contribution >= 0.6 is 23.2 Å². The van der Waals surface area contributed by atoms with Crippen molar-refractivity contribution in [1.82, 2.24) is 0 Å². The van der Waals surface area contributed by atoms with Crippen LogP contribution in [0.25, 0.3) is 10.8 Å². The highest BCUT2D eigenvalue weighted by molar-refractivity contribution is 6.35. The number of fused-ring (bicyclic) bond motifs is 1. The van der Waals surface area contributed by atoms with Gasteiger partial charge >= 0.3 is 0 Å². The van der Waals surface area contributed by atoms with Gasteiger partial charge in [0.2, 0.25) is 0 Å². The average Bonchev–Trinajstić information content (AvgIpc) is 2.93. The van der Waals surface area contributed by atoms with Gasteiger partial charge in [0, 0.05) is 17.0 Å². The Morgan fingerprint density at radius 3 is 2.61 bits per heavy atom. The van der Waals surface area contributed by atoms with Crippen LogP contribution in [0.3, 0.4) is 0 Å². The van der Waals surface area contributed by atoms with Crippen molar-refractivity contribution in [2.75, 3.05) is 6.61 Å². The second-order valence-corrected chi connectivity index (χ2v) is 5.51. The van der Waals surface area contributed by atoms with Gasteiger partial charge < -0.3 is 4.74 Å². The van der Waals surface area contributed by atoms with E-state index in [2.05, 4.69) is 6.07 Å². The van der Waals surface area contributed by atoms with Crippen molar-refractivity contribution in [1.29, 1.82) is 0 Å². The van der Waals surface area contributed by atoms with E-state index in [1.54, 1.807) is 0 Å². The topological polar surface area (TPSA) is 9.23 Å². The summed E-state index contributed by atoms with van der Waals surface area (Å²) in [5.74, 6) is 0. The zero-order chi connectivity index (χ0) is 12.5. The third-order valence-electron chi connectivity index (χ3n) is 3.49. The Kier molecular flexibility index (Phi) is 3.47. The molecule has 0 bridgehead atoms. The quantitative estimate of drug-likeness (QED) is 0.707. The van der Waals surface area contributed by atoms with E-state index in [0.717, 1.165) is 40.8 Å². The number of halogens is 2. The molecule has 0 amide bonds. The lowest BCUT2D eigenvalue weighted by atomic mass is 9.98. The fourth-order valence-electron chi connectivity index (χ4n) is 2.56. The van der Waals surface area contributed by atoms with Gasteiger partial charge in [-0.2, -0.15) is 0 Å². The van der Waals surface area contributed by atoms with Crippen LogP contribution in [0.1, 0.15) is 23.8 Å². The Bertz CT molecular complexity index is 561. The maximum absolute atomic E-state index is 6.58. The average molecular weight is 281 g/mol. The van der Waals surface area contributed by atoms with Gasteiger partial charge in [0.25, 0.3) is 0 Å². The van der Waals surface area contributed by atoms with E-state index in [0.29, 0.717) is 0 Å². The first kappa shape index (κ1) is 12.3. The van der Waals surface area contributed by atoms with Crippen molar-refractivity contribution in [3.63, 3.8) is 0 Å². The maximum Gasteiger partial charge on any atom is 0.0853 e. The zero-order valence-electron chi connectivity index (χ0n) is 9.90. The van der Waals surface area contributed by atoms with Crippen LogP contribution < -0.4 is 0 Å². The standard InChI is InChI=1S/C15H14Cl2O/c16-13-8-7-12(10-4-1-2-5-11(10)13)15(17)14-6-3-9-18-14/h1-2,4-5,7-8,14-15H,3,6,9H2. The molecule has 1 nitrogen and oxygen atoms in total. The predicted octanol–water partition coefficient (Wildman–Crippen LogP) is 4.95. The Morgan fingerprint density at radius 1 is 1.11 bits per heavy atom. The first-order valence-electron chi connectivity index (χ1n) is 6.20. The van der Waals surface area contributed by atoms with E-state index in [-0.39, 0.29) is 11.5 Å². The molecule has 1 saturated heterocycles. The minimum Gasteiger partial charge on any atom is -0.376 e. The van der Waals surface area contributed by atoms with Gasteiger partial charge in [-0.05, 0) is 29.9 Å². The van der Waals surface area contributed by atoms with Crippen LogP contribution in [0.5, 0.6) is 0 Å². The van der Waals surface area contributed by atoms with Gasteiger partial charge in [0.1, 0.15) is 0 Å². The number of rotatable bonds is 2. The largest absolute Gasteiger partial charge is 0.376 e. The van der Waals surface area contributed by atoms with Gasteiger partial charge in [-0.3, -0.25) is 0 Å². The highest BCUT2D eigenvalue weighted by atomic mass is 35.5. The summed E-state index contributed by atoms with van der Waals surface area (Å²) >= 11 is 12.8. The molecule has 1 aliphatic rings. The van der Waals surface area contributed by atoms with Gasteiger partial charge in [-0.1, -0.05) is 41.9 Å². The van der Waals surface area contributed by atoms with Crippen LogP contribution in [0.4, 0.5) is 0 Å². The number of hydrogen-bond acceptors (Lipinski definition) is 1. The molecule has 0 aliphatic carbocycles. The summed E-state index contributed by atoms with van der Waals surface area (Å²) in [6.45, 7) is 0.819. The van der Waals surface area contributed by atoms with E-state index < -0.39 is 0 Å². The summed E-state index contributed by atoms with van der Waals surface area (Å²) in [7, 11) is 0. The first-order valence-corrected chi connectivity index (χ1v) is 7.01. The van der Waals surface area contributed by atoms with Crippen LogP contribution in [0.2, 0.25) is 5.02 Å². The smallest absolute Gasteiger partial charge is 0.0853 e. The highest BCUT2D eigenvalue weighted by Crippen LogP contribution is 2.37. The Hall–Kier alpha value is -0.760. The minimum absolute atomic E-state index is 0.102. The summed E-state index contributed by atoms with van der Waals surface area (Å²) in [4.78, 5) is 0. The van der Waals surface area contributed by atoms with Crippen molar-refractivity contribution >= 4 is 34.0 Å². The molecule has 3 heteroatoms. The lowest BCUT2D eigenvalue weighted by Gasteiger charge is -2.19. The minimum atomic E-state index is -0.102. The van der Waals surface area contributed by atoms with Gasteiger partial charge in [-0.25, -0.2) is 0 Å².